The molecule has 1 N–H and O–H groups in total. The molecule has 2 rings (SSSR count). The highest BCUT2D eigenvalue weighted by molar-refractivity contribution is 7.79. The monoisotopic (exact) mass is 267 g/mol. The normalized spacial score (nSPS) is 22.1. The van der Waals surface area contributed by atoms with E-state index in [1.165, 1.54) is 31.4 Å². The van der Waals surface area contributed by atoms with Crippen molar-refractivity contribution in [3.63, 3.8) is 0 Å². The maximum Gasteiger partial charge on any atom is 0.00389 e. The molecule has 2 unspecified atom stereocenters. The predicted molar refractivity (Wildman–Crippen MR) is 86.6 cm³/mol. The van der Waals surface area contributed by atoms with E-state index in [-0.39, 0.29) is 0 Å². The van der Waals surface area contributed by atoms with Crippen LogP contribution in [-0.2, 0) is 6.42 Å². The standard InChI is InChI=1S/C13H19N.C2H6.CH4S/c1-11-7-8-13(10-14-11)9-12-5-3-2-4-6-12;2*1-2/h2-6,11,13-14H,7-10H2,1H3;1-2H3;2H,1H3. The maximum atomic E-state index is 3.55. The third-order valence-corrected chi connectivity index (χ3v) is 3.13. The molecule has 2 atom stereocenters. The molecule has 0 spiro atoms. The lowest BCUT2D eigenvalue weighted by molar-refractivity contribution is 0.322. The molecule has 0 saturated carbocycles. The zero-order chi connectivity index (χ0) is 13.8. The van der Waals surface area contributed by atoms with E-state index in [9.17, 15) is 0 Å². The minimum absolute atomic E-state index is 0.724. The Kier molecular flexibility index (Phi) is 11.3. The highest BCUT2D eigenvalue weighted by Gasteiger charge is 2.17. The van der Waals surface area contributed by atoms with Gasteiger partial charge >= 0.3 is 0 Å². The summed E-state index contributed by atoms with van der Waals surface area (Å²) in [4.78, 5) is 0. The first-order valence-electron chi connectivity index (χ1n) is 7.06. The van der Waals surface area contributed by atoms with Crippen LogP contribution in [0.15, 0.2) is 30.3 Å². The molecule has 1 saturated heterocycles. The number of rotatable bonds is 2. The van der Waals surface area contributed by atoms with Crippen LogP contribution in [0, 0.1) is 5.92 Å². The van der Waals surface area contributed by atoms with E-state index >= 15 is 0 Å². The fraction of sp³-hybridized carbons (Fsp3) is 0.625. The van der Waals surface area contributed by atoms with Crippen LogP contribution in [0.3, 0.4) is 0 Å². The molecule has 0 radical (unpaired) electrons. The quantitative estimate of drug-likeness (QED) is 0.766. The van der Waals surface area contributed by atoms with Crippen LogP contribution < -0.4 is 5.32 Å². The molecule has 0 aliphatic carbocycles. The van der Waals surface area contributed by atoms with Gasteiger partial charge in [-0.2, -0.15) is 12.6 Å². The van der Waals surface area contributed by atoms with E-state index < -0.39 is 0 Å². The number of nitrogens with one attached hydrogen (secondary N) is 1. The van der Waals surface area contributed by atoms with E-state index in [0.717, 1.165) is 12.0 Å². The summed E-state index contributed by atoms with van der Waals surface area (Å²) in [6.45, 7) is 7.47. The largest absolute Gasteiger partial charge is 0.314 e. The van der Waals surface area contributed by atoms with E-state index in [4.69, 9.17) is 0 Å². The second-order valence-electron chi connectivity index (χ2n) is 4.44. The van der Waals surface area contributed by atoms with Crippen LogP contribution in [0.5, 0.6) is 0 Å². The van der Waals surface area contributed by atoms with Crippen molar-refractivity contribution < 1.29 is 0 Å². The Morgan fingerprint density at radius 2 is 1.72 bits per heavy atom. The van der Waals surface area contributed by atoms with Crippen molar-refractivity contribution in [1.82, 2.24) is 5.32 Å². The zero-order valence-corrected chi connectivity index (χ0v) is 13.2. The summed E-state index contributed by atoms with van der Waals surface area (Å²) >= 11 is 3.53. The van der Waals surface area contributed by atoms with Crippen LogP contribution >= 0.6 is 12.6 Å². The highest BCUT2D eigenvalue weighted by atomic mass is 32.1. The van der Waals surface area contributed by atoms with Crippen molar-refractivity contribution >= 4 is 12.6 Å². The first kappa shape index (κ1) is 17.5. The van der Waals surface area contributed by atoms with Gasteiger partial charge in [-0.3, -0.25) is 0 Å². The Morgan fingerprint density at radius 1 is 1.11 bits per heavy atom. The third kappa shape index (κ3) is 7.07. The first-order valence-corrected chi connectivity index (χ1v) is 7.96. The molecule has 1 nitrogen and oxygen atoms in total. The molecular weight excluding hydrogens is 238 g/mol. The first-order chi connectivity index (χ1) is 8.84. The molecule has 0 aromatic heterocycles. The van der Waals surface area contributed by atoms with Gasteiger partial charge in [-0.05, 0) is 50.5 Å². The summed E-state index contributed by atoms with van der Waals surface area (Å²) in [5.41, 5.74) is 1.48. The van der Waals surface area contributed by atoms with Gasteiger partial charge in [0.15, 0.2) is 0 Å². The molecule has 104 valence electrons. The van der Waals surface area contributed by atoms with Crippen LogP contribution in [0.1, 0.15) is 39.2 Å². The average Bonchev–Trinajstić information content (AvgIpc) is 2.47. The lowest BCUT2D eigenvalue weighted by atomic mass is 9.90. The van der Waals surface area contributed by atoms with Gasteiger partial charge in [-0.15, -0.1) is 0 Å². The van der Waals surface area contributed by atoms with E-state index in [0.29, 0.717) is 0 Å². The Morgan fingerprint density at radius 3 is 2.22 bits per heavy atom. The summed E-state index contributed by atoms with van der Waals surface area (Å²) < 4.78 is 0. The van der Waals surface area contributed by atoms with E-state index in [1.807, 2.05) is 13.8 Å². The van der Waals surface area contributed by atoms with Crippen LogP contribution in [0.4, 0.5) is 0 Å². The van der Waals surface area contributed by atoms with Crippen LogP contribution in [0.2, 0.25) is 0 Å². The minimum Gasteiger partial charge on any atom is -0.314 e. The average molecular weight is 267 g/mol. The lowest BCUT2D eigenvalue weighted by Gasteiger charge is -2.27. The van der Waals surface area contributed by atoms with Crippen molar-refractivity contribution in [1.29, 1.82) is 0 Å². The van der Waals surface area contributed by atoms with Gasteiger partial charge < -0.3 is 5.32 Å². The highest BCUT2D eigenvalue weighted by Crippen LogP contribution is 2.18. The molecular formula is C16H29NS. The summed E-state index contributed by atoms with van der Waals surface area (Å²) in [5, 5.41) is 3.55. The second kappa shape index (κ2) is 11.6. The van der Waals surface area contributed by atoms with Gasteiger partial charge in [-0.1, -0.05) is 44.2 Å². The number of hydrogen-bond acceptors (Lipinski definition) is 2. The van der Waals surface area contributed by atoms with E-state index in [1.54, 1.807) is 6.26 Å². The summed E-state index contributed by atoms with van der Waals surface area (Å²) in [7, 11) is 0. The molecule has 1 aliphatic rings. The van der Waals surface area contributed by atoms with Gasteiger partial charge in [0.2, 0.25) is 0 Å². The molecule has 2 heteroatoms. The molecule has 1 heterocycles. The fourth-order valence-corrected chi connectivity index (χ4v) is 2.18. The lowest BCUT2D eigenvalue weighted by Crippen LogP contribution is -2.37. The number of benzene rings is 1. The number of piperidine rings is 1. The molecule has 1 aliphatic heterocycles. The van der Waals surface area contributed by atoms with Gasteiger partial charge in [-0.25, -0.2) is 0 Å². The van der Waals surface area contributed by atoms with Crippen LogP contribution in [-0.4, -0.2) is 18.8 Å². The Labute approximate surface area is 119 Å². The van der Waals surface area contributed by atoms with Gasteiger partial charge in [0, 0.05) is 6.04 Å². The van der Waals surface area contributed by atoms with Gasteiger partial charge in [0.05, 0.1) is 0 Å². The van der Waals surface area contributed by atoms with Crippen molar-refractivity contribution in [2.24, 2.45) is 5.92 Å². The predicted octanol–water partition coefficient (Wildman–Crippen LogP) is 4.19. The summed E-state index contributed by atoms with van der Waals surface area (Å²) in [5.74, 6) is 0.841. The molecule has 0 bridgehead atoms. The Hall–Kier alpha value is -0.470. The van der Waals surface area contributed by atoms with Crippen molar-refractivity contribution in [3.05, 3.63) is 35.9 Å². The van der Waals surface area contributed by atoms with Crippen molar-refractivity contribution in [3.8, 4) is 0 Å². The van der Waals surface area contributed by atoms with E-state index in [2.05, 4.69) is 55.2 Å². The Balaban J connectivity index is 0.000000659. The third-order valence-electron chi connectivity index (χ3n) is 3.13. The SMILES string of the molecule is CC.CC1CCC(Cc2ccccc2)CN1.CS. The fourth-order valence-electron chi connectivity index (χ4n) is 2.18. The molecule has 1 aromatic carbocycles. The molecule has 1 fully saturated rings. The molecule has 1 aromatic rings. The zero-order valence-electron chi connectivity index (χ0n) is 12.3. The molecule has 0 amide bonds. The smallest absolute Gasteiger partial charge is 0.00389 e. The molecule has 18 heavy (non-hydrogen) atoms. The van der Waals surface area contributed by atoms with Crippen molar-refractivity contribution in [2.45, 2.75) is 46.1 Å². The Bertz CT molecular complexity index is 266. The number of thiol groups is 1. The summed E-state index contributed by atoms with van der Waals surface area (Å²) in [6, 6.07) is 11.5. The summed E-state index contributed by atoms with van der Waals surface area (Å²) in [6.07, 6.45) is 5.64. The minimum atomic E-state index is 0.724. The second-order valence-corrected chi connectivity index (χ2v) is 4.44. The van der Waals surface area contributed by atoms with Gasteiger partial charge in [0.1, 0.15) is 0 Å². The van der Waals surface area contributed by atoms with Gasteiger partial charge in [0.25, 0.3) is 0 Å². The van der Waals surface area contributed by atoms with Crippen LogP contribution in [0.25, 0.3) is 0 Å². The topological polar surface area (TPSA) is 12.0 Å². The number of hydrogen-bond donors (Lipinski definition) is 2. The van der Waals surface area contributed by atoms with Crippen molar-refractivity contribution in [2.75, 3.05) is 12.8 Å². The maximum absolute atomic E-state index is 3.55.